The van der Waals surface area contributed by atoms with E-state index in [4.69, 9.17) is 0 Å². The number of amides is 1. The van der Waals surface area contributed by atoms with Gasteiger partial charge in [0, 0.05) is 22.9 Å². The number of anilines is 1. The van der Waals surface area contributed by atoms with Crippen molar-refractivity contribution >= 4 is 17.9 Å². The fourth-order valence-electron chi connectivity index (χ4n) is 6.65. The number of benzene rings is 3. The van der Waals surface area contributed by atoms with E-state index in [1.165, 1.54) is 44.2 Å². The number of halogens is 1. The van der Waals surface area contributed by atoms with Crippen molar-refractivity contribution < 1.29 is 19.1 Å². The molecular weight excluding hydrogens is 491 g/mol. The maximum Gasteiger partial charge on any atom is 0.238 e. The zero-order valence-electron chi connectivity index (χ0n) is 22.3. The predicted molar refractivity (Wildman–Crippen MR) is 152 cm³/mol. The van der Waals surface area contributed by atoms with E-state index < -0.39 is 11.6 Å². The van der Waals surface area contributed by atoms with Gasteiger partial charge in [0.15, 0.2) is 11.6 Å². The molecule has 0 spiro atoms. The molecule has 1 amide bonds. The third-order valence-corrected chi connectivity index (χ3v) is 8.80. The van der Waals surface area contributed by atoms with Crippen LogP contribution in [0.5, 0.6) is 5.75 Å². The second kappa shape index (κ2) is 12.1. The van der Waals surface area contributed by atoms with Crippen molar-refractivity contribution in [2.45, 2.75) is 63.3 Å². The Bertz CT molecular complexity index is 1300. The van der Waals surface area contributed by atoms with E-state index in [9.17, 15) is 19.1 Å². The maximum absolute atomic E-state index is 13.4. The number of phenols is 1. The first-order valence-corrected chi connectivity index (χ1v) is 14.2. The van der Waals surface area contributed by atoms with Crippen LogP contribution in [0.25, 0.3) is 11.1 Å². The van der Waals surface area contributed by atoms with Crippen molar-refractivity contribution in [3.05, 3.63) is 83.7 Å². The maximum atomic E-state index is 13.4. The normalized spacial score (nSPS) is 21.8. The number of nitrogens with one attached hydrogen (secondary N) is 2. The smallest absolute Gasteiger partial charge is 0.238 e. The van der Waals surface area contributed by atoms with Gasteiger partial charge in [0.2, 0.25) is 5.91 Å². The standard InChI is InChI=1S/C33H37FN2O3/c34-30-15-14-29(20-31(30)38)36-32(39)21-35-33(17-4-9-25(16-18-33)24-6-1-2-7-24)28-12-10-26(11-13-28)27-8-3-5-23(19-27)22-37/h3,5,8,10-15,19-20,22,24-25,35,38H,1-2,4,6-7,9,16-18,21H2,(H,36,39). The monoisotopic (exact) mass is 528 g/mol. The lowest BCUT2D eigenvalue weighted by atomic mass is 9.80. The molecular formula is C33H37FN2O3. The molecule has 2 atom stereocenters. The number of phenolic OH excluding ortho intramolecular Hbond substituents is 1. The molecule has 3 aromatic carbocycles. The Morgan fingerprint density at radius 1 is 0.897 bits per heavy atom. The van der Waals surface area contributed by atoms with E-state index in [0.29, 0.717) is 11.3 Å². The lowest BCUT2D eigenvalue weighted by Gasteiger charge is -2.35. The highest BCUT2D eigenvalue weighted by Crippen LogP contribution is 2.44. The van der Waals surface area contributed by atoms with Crippen LogP contribution < -0.4 is 10.6 Å². The molecule has 2 aliphatic carbocycles. The first-order valence-electron chi connectivity index (χ1n) is 14.2. The van der Waals surface area contributed by atoms with Crippen LogP contribution in [0, 0.1) is 17.7 Å². The van der Waals surface area contributed by atoms with Gasteiger partial charge in [0.05, 0.1) is 6.54 Å². The molecule has 0 bridgehead atoms. The van der Waals surface area contributed by atoms with Crippen LogP contribution in [0.2, 0.25) is 0 Å². The summed E-state index contributed by atoms with van der Waals surface area (Å²) in [6.07, 6.45) is 11.6. The first kappa shape index (κ1) is 27.1. The number of carbonyl (C=O) groups is 2. The zero-order chi connectivity index (χ0) is 27.2. The van der Waals surface area contributed by atoms with Crippen LogP contribution in [0.4, 0.5) is 10.1 Å². The summed E-state index contributed by atoms with van der Waals surface area (Å²) in [5, 5.41) is 16.1. The second-order valence-electron chi connectivity index (χ2n) is 11.2. The van der Waals surface area contributed by atoms with Crippen LogP contribution in [0.3, 0.4) is 0 Å². The molecule has 0 aromatic heterocycles. The summed E-state index contributed by atoms with van der Waals surface area (Å²) in [5.74, 6) is 0.110. The fourth-order valence-corrected chi connectivity index (χ4v) is 6.65. The Balaban J connectivity index is 1.36. The SMILES string of the molecule is O=Cc1cccc(-c2ccc(C3(NCC(=O)Nc4ccc(F)c(O)c4)CCCC(C4CCCC4)CC3)cc2)c1. The minimum Gasteiger partial charge on any atom is -0.505 e. The third-order valence-electron chi connectivity index (χ3n) is 8.80. The number of aromatic hydroxyl groups is 1. The minimum atomic E-state index is -0.721. The number of hydrogen-bond donors (Lipinski definition) is 3. The minimum absolute atomic E-state index is 0.107. The van der Waals surface area contributed by atoms with Crippen LogP contribution >= 0.6 is 0 Å². The largest absolute Gasteiger partial charge is 0.505 e. The molecule has 3 N–H and O–H groups in total. The Morgan fingerprint density at radius 3 is 2.38 bits per heavy atom. The highest BCUT2D eigenvalue weighted by atomic mass is 19.1. The Hall–Kier alpha value is -3.51. The summed E-state index contributed by atoms with van der Waals surface area (Å²) in [6.45, 7) is 0.107. The van der Waals surface area contributed by atoms with E-state index in [-0.39, 0.29) is 18.0 Å². The first-order chi connectivity index (χ1) is 19.0. The molecule has 0 aliphatic heterocycles. The van der Waals surface area contributed by atoms with E-state index in [2.05, 4.69) is 34.9 Å². The van der Waals surface area contributed by atoms with Crippen LogP contribution in [-0.2, 0) is 10.3 Å². The highest BCUT2D eigenvalue weighted by molar-refractivity contribution is 5.92. The van der Waals surface area contributed by atoms with Gasteiger partial charge in [-0.1, -0.05) is 81.0 Å². The van der Waals surface area contributed by atoms with E-state index in [1.54, 1.807) is 6.07 Å². The lowest BCUT2D eigenvalue weighted by molar-refractivity contribution is -0.115. The van der Waals surface area contributed by atoms with Gasteiger partial charge in [0.1, 0.15) is 6.29 Å². The number of aldehydes is 1. The molecule has 0 heterocycles. The van der Waals surface area contributed by atoms with Crippen LogP contribution in [0.1, 0.15) is 73.7 Å². The molecule has 2 fully saturated rings. The van der Waals surface area contributed by atoms with E-state index in [1.807, 2.05) is 18.2 Å². The summed E-state index contributed by atoms with van der Waals surface area (Å²) in [5.41, 5.74) is 3.88. The number of carbonyl (C=O) groups excluding carboxylic acids is 2. The van der Waals surface area contributed by atoms with Crippen LogP contribution in [-0.4, -0.2) is 23.8 Å². The zero-order valence-corrected chi connectivity index (χ0v) is 22.3. The quantitative estimate of drug-likeness (QED) is 0.213. The average Bonchev–Trinajstić information content (AvgIpc) is 3.41. The summed E-state index contributed by atoms with van der Waals surface area (Å²) in [7, 11) is 0. The van der Waals surface area contributed by atoms with Gasteiger partial charge >= 0.3 is 0 Å². The fraction of sp³-hybridized carbons (Fsp3) is 0.394. The molecule has 0 radical (unpaired) electrons. The summed E-state index contributed by atoms with van der Waals surface area (Å²) >= 11 is 0. The molecule has 204 valence electrons. The van der Waals surface area contributed by atoms with Gasteiger partial charge in [-0.05, 0) is 66.0 Å². The third kappa shape index (κ3) is 6.39. The topological polar surface area (TPSA) is 78.4 Å². The lowest BCUT2D eigenvalue weighted by Crippen LogP contribution is -2.45. The van der Waals surface area contributed by atoms with Crippen molar-refractivity contribution in [2.75, 3.05) is 11.9 Å². The molecule has 39 heavy (non-hydrogen) atoms. The van der Waals surface area contributed by atoms with Gasteiger partial charge in [-0.2, -0.15) is 0 Å². The van der Waals surface area contributed by atoms with Crippen molar-refractivity contribution in [3.63, 3.8) is 0 Å². The average molecular weight is 529 g/mol. The summed E-state index contributed by atoms with van der Waals surface area (Å²) < 4.78 is 13.4. The predicted octanol–water partition coefficient (Wildman–Crippen LogP) is 7.20. The van der Waals surface area contributed by atoms with Gasteiger partial charge in [-0.3, -0.25) is 14.9 Å². The summed E-state index contributed by atoms with van der Waals surface area (Å²) in [4.78, 5) is 24.2. The van der Waals surface area contributed by atoms with Crippen LogP contribution in [0.15, 0.2) is 66.7 Å². The van der Waals surface area contributed by atoms with E-state index >= 15 is 0 Å². The second-order valence-corrected chi connectivity index (χ2v) is 11.2. The van der Waals surface area contributed by atoms with Crippen molar-refractivity contribution in [2.24, 2.45) is 11.8 Å². The van der Waals surface area contributed by atoms with E-state index in [0.717, 1.165) is 66.6 Å². The molecule has 5 rings (SSSR count). The highest BCUT2D eigenvalue weighted by Gasteiger charge is 2.37. The van der Waals surface area contributed by atoms with Crippen molar-refractivity contribution in [3.8, 4) is 16.9 Å². The Kier molecular flexibility index (Phi) is 8.41. The Labute approximate surface area is 229 Å². The van der Waals surface area contributed by atoms with Crippen molar-refractivity contribution in [1.29, 1.82) is 0 Å². The molecule has 2 aliphatic rings. The molecule has 2 unspecified atom stereocenters. The Morgan fingerprint density at radius 2 is 1.64 bits per heavy atom. The number of hydrogen-bond acceptors (Lipinski definition) is 4. The molecule has 3 aromatic rings. The number of rotatable bonds is 8. The molecule has 6 heteroatoms. The van der Waals surface area contributed by atoms with Crippen molar-refractivity contribution in [1.82, 2.24) is 5.32 Å². The van der Waals surface area contributed by atoms with Gasteiger partial charge in [-0.15, -0.1) is 0 Å². The van der Waals surface area contributed by atoms with Gasteiger partial charge < -0.3 is 10.4 Å². The van der Waals surface area contributed by atoms with Gasteiger partial charge in [0.25, 0.3) is 0 Å². The van der Waals surface area contributed by atoms with Gasteiger partial charge in [-0.25, -0.2) is 4.39 Å². The molecule has 0 saturated heterocycles. The molecule has 2 saturated carbocycles. The summed E-state index contributed by atoms with van der Waals surface area (Å²) in [6, 6.07) is 19.9. The molecule has 5 nitrogen and oxygen atoms in total.